The van der Waals surface area contributed by atoms with Gasteiger partial charge in [0.2, 0.25) is 0 Å². The topological polar surface area (TPSA) is 26.5 Å². The molecule has 0 aliphatic heterocycles. The Morgan fingerprint density at radius 3 is 2.84 bits per heavy atom. The average Bonchev–Trinajstić information content (AvgIpc) is 2.94. The molecule has 0 radical (unpaired) electrons. The zero-order valence-corrected chi connectivity index (χ0v) is 13.4. The van der Waals surface area contributed by atoms with Gasteiger partial charge in [-0.05, 0) is 52.0 Å². The van der Waals surface area contributed by atoms with Gasteiger partial charge in [0.05, 0.1) is 16.6 Å². The van der Waals surface area contributed by atoms with Gasteiger partial charge in [-0.3, -0.25) is 4.40 Å². The van der Waals surface area contributed by atoms with Crippen molar-refractivity contribution in [3.8, 4) is 17.0 Å². The van der Waals surface area contributed by atoms with E-state index in [-0.39, 0.29) is 0 Å². The van der Waals surface area contributed by atoms with Crippen molar-refractivity contribution in [2.24, 2.45) is 0 Å². The second-order valence-corrected chi connectivity index (χ2v) is 6.72. The molecule has 3 heterocycles. The maximum absolute atomic E-state index is 6.30. The van der Waals surface area contributed by atoms with Gasteiger partial charge in [-0.1, -0.05) is 11.6 Å². The van der Waals surface area contributed by atoms with Gasteiger partial charge >= 0.3 is 0 Å². The van der Waals surface area contributed by atoms with Crippen LogP contribution in [0.5, 0.6) is 5.88 Å². The average molecular weight is 358 g/mol. The second kappa shape index (κ2) is 4.81. The third kappa shape index (κ3) is 2.06. The number of fused-ring (bicyclic) bond motifs is 1. The number of aryl methyl sites for hydroxylation is 1. The Balaban J connectivity index is 2.36. The molecule has 0 fully saturated rings. The molecule has 0 saturated heterocycles. The van der Waals surface area contributed by atoms with Crippen molar-refractivity contribution in [1.82, 2.24) is 9.38 Å². The Kier molecular flexibility index (Phi) is 3.28. The fourth-order valence-corrected chi connectivity index (χ4v) is 3.39. The first-order chi connectivity index (χ1) is 9.11. The quantitative estimate of drug-likeness (QED) is 0.659. The molecule has 0 N–H and O–H groups in total. The third-order valence-electron chi connectivity index (χ3n) is 2.92. The molecular formula is C13H10BrClN2OS. The standard InChI is InChI=1S/C13H10BrClN2OS/c1-7-12(15)17-11(18-2)4-3-9(13(17)16-7)8-5-10(14)19-6-8/h3-6H,1-2H3. The maximum atomic E-state index is 6.30. The molecule has 3 aromatic rings. The number of aromatic nitrogens is 2. The van der Waals surface area contributed by atoms with Crippen LogP contribution in [0.3, 0.4) is 0 Å². The summed E-state index contributed by atoms with van der Waals surface area (Å²) in [7, 11) is 1.63. The summed E-state index contributed by atoms with van der Waals surface area (Å²) in [5.74, 6) is 0.679. The van der Waals surface area contributed by atoms with Gasteiger partial charge < -0.3 is 4.74 Å². The van der Waals surface area contributed by atoms with E-state index in [1.165, 1.54) is 0 Å². The minimum Gasteiger partial charge on any atom is -0.482 e. The highest BCUT2D eigenvalue weighted by Gasteiger charge is 2.15. The smallest absolute Gasteiger partial charge is 0.200 e. The van der Waals surface area contributed by atoms with Gasteiger partial charge in [-0.15, -0.1) is 11.3 Å². The number of thiophene rings is 1. The van der Waals surface area contributed by atoms with Gasteiger partial charge in [0.15, 0.2) is 5.88 Å². The molecular weight excluding hydrogens is 348 g/mol. The Morgan fingerprint density at radius 1 is 1.42 bits per heavy atom. The Labute approximate surface area is 127 Å². The SMILES string of the molecule is COc1ccc(-c2csc(Br)c2)c2nc(C)c(Cl)n12. The van der Waals surface area contributed by atoms with E-state index >= 15 is 0 Å². The van der Waals surface area contributed by atoms with E-state index in [4.69, 9.17) is 16.3 Å². The summed E-state index contributed by atoms with van der Waals surface area (Å²) >= 11 is 11.4. The van der Waals surface area contributed by atoms with Crippen molar-refractivity contribution >= 4 is 44.5 Å². The van der Waals surface area contributed by atoms with E-state index < -0.39 is 0 Å². The molecule has 0 saturated carbocycles. The van der Waals surface area contributed by atoms with Crippen LogP contribution in [0.15, 0.2) is 27.4 Å². The van der Waals surface area contributed by atoms with Gasteiger partial charge in [0.25, 0.3) is 0 Å². The summed E-state index contributed by atoms with van der Waals surface area (Å²) in [5.41, 5.74) is 3.76. The molecule has 0 aliphatic carbocycles. The fourth-order valence-electron chi connectivity index (χ4n) is 2.03. The predicted molar refractivity (Wildman–Crippen MR) is 82.5 cm³/mol. The zero-order valence-electron chi connectivity index (χ0n) is 10.3. The van der Waals surface area contributed by atoms with Crippen LogP contribution in [0.25, 0.3) is 16.8 Å². The first-order valence-corrected chi connectivity index (χ1v) is 7.63. The van der Waals surface area contributed by atoms with Gasteiger partial charge in [0.1, 0.15) is 10.8 Å². The lowest BCUT2D eigenvalue weighted by molar-refractivity contribution is 0.392. The molecule has 0 aromatic carbocycles. The summed E-state index contributed by atoms with van der Waals surface area (Å²) in [6, 6.07) is 5.98. The molecule has 3 nitrogen and oxygen atoms in total. The molecule has 0 spiro atoms. The molecule has 0 unspecified atom stereocenters. The molecule has 0 atom stereocenters. The molecule has 98 valence electrons. The number of pyridine rings is 1. The van der Waals surface area contributed by atoms with Gasteiger partial charge in [-0.25, -0.2) is 4.98 Å². The predicted octanol–water partition coefficient (Wildman–Crippen LogP) is 4.80. The van der Waals surface area contributed by atoms with Crippen molar-refractivity contribution in [2.75, 3.05) is 7.11 Å². The highest BCUT2D eigenvalue weighted by atomic mass is 79.9. The van der Waals surface area contributed by atoms with Crippen molar-refractivity contribution in [3.05, 3.63) is 38.2 Å². The van der Waals surface area contributed by atoms with Crippen LogP contribution in [-0.2, 0) is 0 Å². The van der Waals surface area contributed by atoms with Crippen LogP contribution < -0.4 is 4.74 Å². The molecule has 0 amide bonds. The summed E-state index contributed by atoms with van der Waals surface area (Å²) in [5, 5.41) is 2.67. The van der Waals surface area contributed by atoms with E-state index in [0.29, 0.717) is 11.0 Å². The number of rotatable bonds is 2. The Bertz CT molecular complexity index is 765. The molecule has 0 bridgehead atoms. The fraction of sp³-hybridized carbons (Fsp3) is 0.154. The number of halogens is 2. The second-order valence-electron chi connectivity index (χ2n) is 4.08. The van der Waals surface area contributed by atoms with Crippen molar-refractivity contribution in [3.63, 3.8) is 0 Å². The number of nitrogens with zero attached hydrogens (tertiary/aromatic N) is 2. The number of methoxy groups -OCH3 is 1. The first-order valence-electron chi connectivity index (χ1n) is 5.57. The van der Waals surface area contributed by atoms with E-state index in [1.54, 1.807) is 18.4 Å². The number of ether oxygens (including phenoxy) is 1. The summed E-state index contributed by atoms with van der Waals surface area (Å²) < 4.78 is 8.27. The first kappa shape index (κ1) is 13.0. The largest absolute Gasteiger partial charge is 0.482 e. The van der Waals surface area contributed by atoms with Crippen LogP contribution in [-0.4, -0.2) is 16.5 Å². The lowest BCUT2D eigenvalue weighted by Gasteiger charge is -2.07. The zero-order chi connectivity index (χ0) is 13.6. The Morgan fingerprint density at radius 2 is 2.21 bits per heavy atom. The van der Waals surface area contributed by atoms with E-state index in [2.05, 4.69) is 32.4 Å². The summed E-state index contributed by atoms with van der Waals surface area (Å²) in [4.78, 5) is 4.55. The minimum atomic E-state index is 0.586. The van der Waals surface area contributed by atoms with E-state index in [9.17, 15) is 0 Å². The van der Waals surface area contributed by atoms with Crippen LogP contribution >= 0.6 is 38.9 Å². The molecule has 3 rings (SSSR count). The number of hydrogen-bond donors (Lipinski definition) is 0. The number of hydrogen-bond acceptors (Lipinski definition) is 3. The lowest BCUT2D eigenvalue weighted by Crippen LogP contribution is -1.95. The summed E-state index contributed by atoms with van der Waals surface area (Å²) in [6.07, 6.45) is 0. The van der Waals surface area contributed by atoms with Crippen LogP contribution in [0.1, 0.15) is 5.69 Å². The van der Waals surface area contributed by atoms with Crippen LogP contribution in [0.4, 0.5) is 0 Å². The highest BCUT2D eigenvalue weighted by Crippen LogP contribution is 2.35. The molecule has 19 heavy (non-hydrogen) atoms. The lowest BCUT2D eigenvalue weighted by atomic mass is 10.1. The van der Waals surface area contributed by atoms with Crippen molar-refractivity contribution in [2.45, 2.75) is 6.92 Å². The van der Waals surface area contributed by atoms with Crippen molar-refractivity contribution in [1.29, 1.82) is 0 Å². The van der Waals surface area contributed by atoms with Gasteiger partial charge in [0, 0.05) is 5.56 Å². The van der Waals surface area contributed by atoms with E-state index in [1.807, 2.05) is 23.5 Å². The Hall–Kier alpha value is -1.04. The van der Waals surface area contributed by atoms with Crippen molar-refractivity contribution < 1.29 is 4.74 Å². The molecule has 3 aromatic heterocycles. The maximum Gasteiger partial charge on any atom is 0.200 e. The molecule has 6 heteroatoms. The minimum absolute atomic E-state index is 0.586. The van der Waals surface area contributed by atoms with E-state index in [0.717, 1.165) is 26.3 Å². The monoisotopic (exact) mass is 356 g/mol. The molecule has 0 aliphatic rings. The van der Waals surface area contributed by atoms with Crippen LogP contribution in [0, 0.1) is 6.92 Å². The third-order valence-corrected chi connectivity index (χ3v) is 4.87. The number of imidazole rings is 1. The summed E-state index contributed by atoms with van der Waals surface area (Å²) in [6.45, 7) is 1.89. The van der Waals surface area contributed by atoms with Gasteiger partial charge in [-0.2, -0.15) is 0 Å². The normalized spacial score (nSPS) is 11.2. The highest BCUT2D eigenvalue weighted by molar-refractivity contribution is 9.11. The van der Waals surface area contributed by atoms with Crippen LogP contribution in [0.2, 0.25) is 5.15 Å².